The second-order valence-electron chi connectivity index (χ2n) is 7.95. The number of aromatic nitrogens is 2. The minimum absolute atomic E-state index is 0.0428. The van der Waals surface area contributed by atoms with Crippen LogP contribution < -0.4 is 0 Å². The first kappa shape index (κ1) is 25.4. The van der Waals surface area contributed by atoms with E-state index in [-0.39, 0.29) is 4.75 Å². The van der Waals surface area contributed by atoms with Gasteiger partial charge >= 0.3 is 0 Å². The van der Waals surface area contributed by atoms with E-state index in [1.165, 1.54) is 11.8 Å². The van der Waals surface area contributed by atoms with E-state index in [9.17, 15) is 4.91 Å². The van der Waals surface area contributed by atoms with E-state index >= 15 is 0 Å². The molecule has 0 saturated heterocycles. The zero-order valence-electron chi connectivity index (χ0n) is 18.6. The van der Waals surface area contributed by atoms with E-state index in [0.717, 1.165) is 27.0 Å². The molecule has 0 N–H and O–H groups in total. The number of hydrogen-bond acceptors (Lipinski definition) is 7. The SMILES string of the molecule is C=C/C=C(\C=C(/COC)SC(C)(C)C)c1c(C)nc(SC)n1/N=C/C(C)(C)N=O. The van der Waals surface area contributed by atoms with Crippen LogP contribution in [-0.4, -0.2) is 46.1 Å². The molecule has 1 heterocycles. The van der Waals surface area contributed by atoms with Gasteiger partial charge in [-0.3, -0.25) is 0 Å². The van der Waals surface area contributed by atoms with Crippen molar-refractivity contribution in [1.82, 2.24) is 9.66 Å². The van der Waals surface area contributed by atoms with Gasteiger partial charge in [0, 0.05) is 22.3 Å². The van der Waals surface area contributed by atoms with E-state index in [1.54, 1.807) is 49.7 Å². The van der Waals surface area contributed by atoms with Gasteiger partial charge in [0.1, 0.15) is 5.54 Å². The number of methoxy groups -OCH3 is 1. The van der Waals surface area contributed by atoms with Gasteiger partial charge in [0.05, 0.1) is 24.2 Å². The molecule has 0 aromatic carbocycles. The third kappa shape index (κ3) is 7.95. The van der Waals surface area contributed by atoms with Crippen LogP contribution in [0, 0.1) is 11.8 Å². The van der Waals surface area contributed by atoms with E-state index in [0.29, 0.717) is 6.61 Å². The number of hydrogen-bond donors (Lipinski definition) is 0. The summed E-state index contributed by atoms with van der Waals surface area (Å²) in [5.74, 6) is 0. The largest absolute Gasteiger partial charge is 0.379 e. The Morgan fingerprint density at radius 1 is 1.31 bits per heavy atom. The molecule has 1 aromatic heterocycles. The third-order valence-electron chi connectivity index (χ3n) is 3.52. The maximum atomic E-state index is 11.1. The lowest BCUT2D eigenvalue weighted by Crippen LogP contribution is -2.18. The lowest BCUT2D eigenvalue weighted by molar-refractivity contribution is 0.231. The number of ether oxygens (including phenoxy) is 1. The third-order valence-corrected chi connectivity index (χ3v) is 5.26. The Bertz CT molecular complexity index is 815. The minimum atomic E-state index is -0.910. The molecule has 1 rings (SSSR count). The molecule has 0 saturated carbocycles. The van der Waals surface area contributed by atoms with Gasteiger partial charge in [-0.05, 0) is 33.1 Å². The summed E-state index contributed by atoms with van der Waals surface area (Å²) in [6, 6.07) is 0. The average Bonchev–Trinajstić information content (AvgIpc) is 2.94. The van der Waals surface area contributed by atoms with Crippen molar-refractivity contribution >= 4 is 35.3 Å². The van der Waals surface area contributed by atoms with Crippen molar-refractivity contribution in [3.05, 3.63) is 46.0 Å². The summed E-state index contributed by atoms with van der Waals surface area (Å²) >= 11 is 3.24. The smallest absolute Gasteiger partial charge is 0.189 e. The Hall–Kier alpha value is -1.64. The monoisotopic (exact) mass is 436 g/mol. The zero-order valence-corrected chi connectivity index (χ0v) is 20.3. The van der Waals surface area contributed by atoms with Gasteiger partial charge in [-0.25, -0.2) is 9.66 Å². The predicted molar refractivity (Wildman–Crippen MR) is 128 cm³/mol. The zero-order chi connectivity index (χ0) is 22.2. The van der Waals surface area contributed by atoms with Crippen LogP contribution in [0.3, 0.4) is 0 Å². The topological polar surface area (TPSA) is 68.8 Å². The summed E-state index contributed by atoms with van der Waals surface area (Å²) in [6.07, 6.45) is 9.25. The Kier molecular flexibility index (Phi) is 9.58. The van der Waals surface area contributed by atoms with E-state index in [1.807, 2.05) is 19.3 Å². The highest BCUT2D eigenvalue weighted by Crippen LogP contribution is 2.34. The summed E-state index contributed by atoms with van der Waals surface area (Å²) in [4.78, 5) is 16.8. The van der Waals surface area contributed by atoms with Crippen molar-refractivity contribution in [2.75, 3.05) is 20.0 Å². The van der Waals surface area contributed by atoms with Gasteiger partial charge in [-0.1, -0.05) is 56.4 Å². The molecule has 8 heteroatoms. The summed E-state index contributed by atoms with van der Waals surface area (Å²) in [7, 11) is 1.69. The molecule has 1 aromatic rings. The highest BCUT2D eigenvalue weighted by atomic mass is 32.2. The van der Waals surface area contributed by atoms with Gasteiger partial charge in [0.25, 0.3) is 0 Å². The van der Waals surface area contributed by atoms with Crippen molar-refractivity contribution in [2.24, 2.45) is 10.3 Å². The van der Waals surface area contributed by atoms with Crippen molar-refractivity contribution in [3.8, 4) is 0 Å². The molecular formula is C21H32N4O2S2. The quantitative estimate of drug-likeness (QED) is 0.197. The summed E-state index contributed by atoms with van der Waals surface area (Å²) in [6.45, 7) is 16.2. The predicted octanol–water partition coefficient (Wildman–Crippen LogP) is 5.92. The van der Waals surface area contributed by atoms with Gasteiger partial charge in [0.2, 0.25) is 0 Å². The molecule has 0 bridgehead atoms. The van der Waals surface area contributed by atoms with E-state index < -0.39 is 5.54 Å². The van der Waals surface area contributed by atoms with Crippen LogP contribution in [0.2, 0.25) is 0 Å². The summed E-state index contributed by atoms with van der Waals surface area (Å²) in [5, 5.41) is 8.39. The first-order valence-electron chi connectivity index (χ1n) is 9.23. The fourth-order valence-corrected chi connectivity index (χ4v) is 4.11. The second-order valence-corrected chi connectivity index (χ2v) is 10.7. The fourth-order valence-electron chi connectivity index (χ4n) is 2.42. The standard InChI is InChI=1S/C21H32N4O2S2/c1-10-11-16(12-17(13-27-8)29-20(3,4)5)18-15(2)23-19(28-9)25(18)22-14-21(6,7)24-26/h10-12,14H,1,13H2,2-9H3/b16-11+,17-12+,22-14+. The van der Waals surface area contributed by atoms with Crippen LogP contribution >= 0.6 is 23.5 Å². The van der Waals surface area contributed by atoms with Crippen LogP contribution in [0.1, 0.15) is 46.0 Å². The van der Waals surface area contributed by atoms with Gasteiger partial charge in [-0.2, -0.15) is 5.10 Å². The molecule has 0 unspecified atom stereocenters. The van der Waals surface area contributed by atoms with Crippen LogP contribution in [0.25, 0.3) is 5.57 Å². The molecule has 0 radical (unpaired) electrons. The van der Waals surface area contributed by atoms with Gasteiger partial charge < -0.3 is 4.74 Å². The van der Waals surface area contributed by atoms with E-state index in [4.69, 9.17) is 4.74 Å². The molecule has 0 spiro atoms. The highest BCUT2D eigenvalue weighted by Gasteiger charge is 2.21. The Morgan fingerprint density at radius 2 is 1.97 bits per heavy atom. The van der Waals surface area contributed by atoms with Crippen molar-refractivity contribution < 1.29 is 4.74 Å². The number of rotatable bonds is 10. The first-order chi connectivity index (χ1) is 13.5. The van der Waals surface area contributed by atoms with E-state index in [2.05, 4.69) is 48.7 Å². The number of thioether (sulfide) groups is 2. The Balaban J connectivity index is 3.62. The Labute approximate surface area is 182 Å². The molecule has 0 aliphatic heterocycles. The van der Waals surface area contributed by atoms with Gasteiger partial charge in [0.15, 0.2) is 5.16 Å². The Morgan fingerprint density at radius 3 is 2.45 bits per heavy atom. The lowest BCUT2D eigenvalue weighted by Gasteiger charge is -2.20. The number of imidazole rings is 1. The average molecular weight is 437 g/mol. The van der Waals surface area contributed by atoms with Crippen LogP contribution in [0.4, 0.5) is 0 Å². The minimum Gasteiger partial charge on any atom is -0.379 e. The normalized spacial score (nSPS) is 13.9. The molecule has 0 aliphatic carbocycles. The van der Waals surface area contributed by atoms with Crippen molar-refractivity contribution in [1.29, 1.82) is 0 Å². The van der Waals surface area contributed by atoms with Crippen LogP contribution in [0.5, 0.6) is 0 Å². The molecule has 0 atom stereocenters. The number of nitroso groups, excluding NO2 is 1. The molecule has 0 aliphatic rings. The van der Waals surface area contributed by atoms with Crippen LogP contribution in [-0.2, 0) is 4.74 Å². The lowest BCUT2D eigenvalue weighted by atomic mass is 10.1. The first-order valence-corrected chi connectivity index (χ1v) is 11.3. The summed E-state index contributed by atoms with van der Waals surface area (Å²) in [5.41, 5.74) is 1.69. The fraction of sp³-hybridized carbons (Fsp3) is 0.524. The molecular weight excluding hydrogens is 404 g/mol. The number of aryl methyl sites for hydroxylation is 1. The van der Waals surface area contributed by atoms with Gasteiger partial charge in [-0.15, -0.1) is 16.7 Å². The number of allylic oxidation sites excluding steroid dienone is 4. The molecule has 160 valence electrons. The molecule has 0 fully saturated rings. The van der Waals surface area contributed by atoms with Crippen molar-refractivity contribution in [3.63, 3.8) is 0 Å². The molecule has 0 amide bonds. The van der Waals surface area contributed by atoms with Crippen molar-refractivity contribution in [2.45, 2.75) is 57.0 Å². The molecule has 6 nitrogen and oxygen atoms in total. The van der Waals surface area contributed by atoms with Crippen LogP contribution in [0.15, 0.2) is 45.1 Å². The molecule has 29 heavy (non-hydrogen) atoms. The second kappa shape index (κ2) is 10.9. The summed E-state index contributed by atoms with van der Waals surface area (Å²) < 4.78 is 7.21. The highest BCUT2D eigenvalue weighted by molar-refractivity contribution is 8.04. The number of nitrogens with zero attached hydrogens (tertiary/aromatic N) is 4. The maximum Gasteiger partial charge on any atom is 0.189 e. The maximum absolute atomic E-state index is 11.1.